The number of pyridine rings is 1. The quantitative estimate of drug-likeness (QED) is 0.335. The fourth-order valence-electron chi connectivity index (χ4n) is 3.55. The van der Waals surface area contributed by atoms with Crippen LogP contribution in [0.3, 0.4) is 0 Å². The molecule has 4 aromatic rings. The molecule has 4 N–H and O–H groups in total. The van der Waals surface area contributed by atoms with Crippen molar-refractivity contribution in [3.8, 4) is 5.75 Å². The van der Waals surface area contributed by atoms with E-state index in [1.807, 2.05) is 4.57 Å². The first kappa shape index (κ1) is 22.9. The van der Waals surface area contributed by atoms with Crippen LogP contribution in [-0.4, -0.2) is 22.7 Å². The van der Waals surface area contributed by atoms with Crippen LogP contribution < -0.4 is 21.1 Å². The number of nitrogens with one attached hydrogen (secondary N) is 2. The maximum atomic E-state index is 14.6. The Hall–Kier alpha value is -4.28. The number of carbonyl (C=O) groups is 1. The third kappa shape index (κ3) is 4.72. The maximum absolute atomic E-state index is 14.6. The van der Waals surface area contributed by atoms with E-state index in [4.69, 9.17) is 10.5 Å². The average molecular weight is 473 g/mol. The Labute approximate surface area is 191 Å². The molecule has 4 rings (SSSR count). The number of aromatic nitrogens is 2. The topological polar surface area (TPSA) is 94.2 Å². The first-order valence-corrected chi connectivity index (χ1v) is 9.96. The number of nitrogens with zero attached hydrogens (tertiary/aromatic N) is 2. The second-order valence-electron chi connectivity index (χ2n) is 7.38. The number of urea groups is 1. The number of hydrogen-bond donors (Lipinski definition) is 3. The molecule has 0 fully saturated rings. The van der Waals surface area contributed by atoms with E-state index in [1.54, 1.807) is 36.7 Å². The summed E-state index contributed by atoms with van der Waals surface area (Å²) >= 11 is 0. The summed E-state index contributed by atoms with van der Waals surface area (Å²) in [5.41, 5.74) is 5.93. The van der Waals surface area contributed by atoms with E-state index >= 15 is 0 Å². The van der Waals surface area contributed by atoms with Crippen molar-refractivity contribution >= 4 is 34.1 Å². The molecule has 0 spiro atoms. The highest BCUT2D eigenvalue weighted by molar-refractivity contribution is 6.06. The zero-order valence-electron chi connectivity index (χ0n) is 17.8. The molecular weight excluding hydrogens is 454 g/mol. The molecule has 11 heteroatoms. The molecule has 0 atom stereocenters. The van der Waals surface area contributed by atoms with E-state index in [0.717, 1.165) is 23.8 Å². The predicted octanol–water partition coefficient (Wildman–Crippen LogP) is 5.48. The fourth-order valence-corrected chi connectivity index (χ4v) is 3.55. The van der Waals surface area contributed by atoms with Crippen LogP contribution in [0.15, 0.2) is 60.9 Å². The summed E-state index contributed by atoms with van der Waals surface area (Å²) in [6, 6.07) is 9.63. The third-order valence-corrected chi connectivity index (χ3v) is 5.11. The van der Waals surface area contributed by atoms with Crippen LogP contribution in [0.25, 0.3) is 10.9 Å². The van der Waals surface area contributed by atoms with Gasteiger partial charge in [-0.2, -0.15) is 13.2 Å². The number of hydrogen-bond acceptors (Lipinski definition) is 4. The number of alkyl halides is 3. The molecule has 2 heterocycles. The van der Waals surface area contributed by atoms with Gasteiger partial charge < -0.3 is 25.7 Å². The number of methoxy groups -OCH3 is 1. The molecule has 0 saturated carbocycles. The molecule has 0 bridgehead atoms. The van der Waals surface area contributed by atoms with Crippen LogP contribution in [0, 0.1) is 5.82 Å². The van der Waals surface area contributed by atoms with Gasteiger partial charge in [-0.1, -0.05) is 0 Å². The number of benzene rings is 2. The summed E-state index contributed by atoms with van der Waals surface area (Å²) in [6.45, 7) is 0.426. The number of anilines is 3. The molecule has 2 amide bonds. The van der Waals surface area contributed by atoms with E-state index in [0.29, 0.717) is 23.3 Å². The first-order valence-electron chi connectivity index (χ1n) is 9.96. The Morgan fingerprint density at radius 1 is 1.12 bits per heavy atom. The molecule has 34 heavy (non-hydrogen) atoms. The van der Waals surface area contributed by atoms with Crippen molar-refractivity contribution in [2.75, 3.05) is 23.5 Å². The van der Waals surface area contributed by atoms with Gasteiger partial charge in [0.15, 0.2) is 0 Å². The Morgan fingerprint density at radius 3 is 2.62 bits per heavy atom. The van der Waals surface area contributed by atoms with Gasteiger partial charge in [0.1, 0.15) is 17.4 Å². The summed E-state index contributed by atoms with van der Waals surface area (Å²) in [7, 11) is 1.26. The summed E-state index contributed by atoms with van der Waals surface area (Å²) in [5, 5.41) is 5.10. The van der Waals surface area contributed by atoms with E-state index in [9.17, 15) is 22.4 Å². The third-order valence-electron chi connectivity index (χ3n) is 5.11. The smallest absolute Gasteiger partial charge is 0.416 e. The van der Waals surface area contributed by atoms with Gasteiger partial charge in [0.05, 0.1) is 29.6 Å². The van der Waals surface area contributed by atoms with Gasteiger partial charge in [0.2, 0.25) is 0 Å². The number of carbonyl (C=O) groups excluding carboxylic acids is 1. The van der Waals surface area contributed by atoms with E-state index in [1.165, 1.54) is 13.2 Å². The SMILES string of the molecule is COc1ccc(C(F)(F)F)cc1NC(=O)Nc1c(F)ccc2c1ccn2Cc1ccnc(N)c1. The first-order chi connectivity index (χ1) is 16.2. The van der Waals surface area contributed by atoms with Crippen molar-refractivity contribution in [3.63, 3.8) is 0 Å². The number of rotatable bonds is 5. The molecule has 7 nitrogen and oxygen atoms in total. The molecule has 0 unspecified atom stereocenters. The highest BCUT2D eigenvalue weighted by Gasteiger charge is 2.31. The predicted molar refractivity (Wildman–Crippen MR) is 120 cm³/mol. The van der Waals surface area contributed by atoms with Crippen LogP contribution in [0.4, 0.5) is 39.5 Å². The van der Waals surface area contributed by atoms with E-state index in [2.05, 4.69) is 15.6 Å². The minimum Gasteiger partial charge on any atom is -0.495 e. The van der Waals surface area contributed by atoms with Gasteiger partial charge >= 0.3 is 12.2 Å². The van der Waals surface area contributed by atoms with Crippen molar-refractivity contribution in [1.29, 1.82) is 0 Å². The Bertz CT molecular complexity index is 1370. The summed E-state index contributed by atoms with van der Waals surface area (Å²) < 4.78 is 60.7. The van der Waals surface area contributed by atoms with Crippen molar-refractivity contribution in [3.05, 3.63) is 77.9 Å². The molecule has 2 aromatic heterocycles. The largest absolute Gasteiger partial charge is 0.495 e. The minimum absolute atomic E-state index is 0.0182. The Kier molecular flexibility index (Phi) is 6.01. The van der Waals surface area contributed by atoms with Crippen LogP contribution in [0.1, 0.15) is 11.1 Å². The maximum Gasteiger partial charge on any atom is 0.416 e. The highest BCUT2D eigenvalue weighted by Crippen LogP contribution is 2.35. The highest BCUT2D eigenvalue weighted by atomic mass is 19.4. The number of fused-ring (bicyclic) bond motifs is 1. The molecule has 176 valence electrons. The van der Waals surface area contributed by atoms with E-state index in [-0.39, 0.29) is 17.1 Å². The second kappa shape index (κ2) is 8.93. The average Bonchev–Trinajstić information content (AvgIpc) is 3.18. The zero-order valence-corrected chi connectivity index (χ0v) is 17.8. The van der Waals surface area contributed by atoms with Crippen LogP contribution >= 0.6 is 0 Å². The van der Waals surface area contributed by atoms with Crippen molar-refractivity contribution < 1.29 is 27.1 Å². The van der Waals surface area contributed by atoms with Crippen molar-refractivity contribution in [1.82, 2.24) is 9.55 Å². The standard InChI is InChI=1S/C23H19F4N5O2/c1-34-19-5-2-14(23(25,26)27)11-17(19)30-22(33)31-21-15-7-9-32(18(15)4-3-16(21)24)12-13-6-8-29-20(28)10-13/h2-11H,12H2,1H3,(H2,28,29)(H2,30,31,33). The van der Waals surface area contributed by atoms with Gasteiger partial charge in [-0.15, -0.1) is 0 Å². The zero-order chi connectivity index (χ0) is 24.5. The van der Waals surface area contributed by atoms with Gasteiger partial charge in [-0.25, -0.2) is 14.2 Å². The molecule has 0 radical (unpaired) electrons. The Morgan fingerprint density at radius 2 is 1.91 bits per heavy atom. The van der Waals surface area contributed by atoms with Crippen molar-refractivity contribution in [2.24, 2.45) is 0 Å². The number of halogens is 4. The molecular formula is C23H19F4N5O2. The van der Waals surface area contributed by atoms with Crippen molar-refractivity contribution in [2.45, 2.75) is 12.7 Å². The summed E-state index contributed by atoms with van der Waals surface area (Å²) in [6.07, 6.45) is -1.31. The minimum atomic E-state index is -4.61. The van der Waals surface area contributed by atoms with E-state index < -0.39 is 23.6 Å². The summed E-state index contributed by atoms with van der Waals surface area (Å²) in [5.74, 6) is -0.321. The number of ether oxygens (including phenoxy) is 1. The van der Waals surface area contributed by atoms with Crippen LogP contribution in [-0.2, 0) is 12.7 Å². The number of nitrogens with two attached hydrogens (primary N) is 1. The van der Waals surface area contributed by atoms with Gasteiger partial charge in [0.25, 0.3) is 0 Å². The molecule has 2 aromatic carbocycles. The lowest BCUT2D eigenvalue weighted by molar-refractivity contribution is -0.137. The lowest BCUT2D eigenvalue weighted by Crippen LogP contribution is -2.21. The van der Waals surface area contributed by atoms with Gasteiger partial charge in [0, 0.05) is 24.3 Å². The molecule has 0 aliphatic carbocycles. The molecule has 0 saturated heterocycles. The lowest BCUT2D eigenvalue weighted by atomic mass is 10.1. The normalized spacial score (nSPS) is 11.4. The van der Waals surface area contributed by atoms with Gasteiger partial charge in [-0.05, 0) is 54.1 Å². The van der Waals surface area contributed by atoms with Crippen LogP contribution in [0.5, 0.6) is 5.75 Å². The molecule has 0 aliphatic heterocycles. The van der Waals surface area contributed by atoms with Crippen LogP contribution in [0.2, 0.25) is 0 Å². The fraction of sp³-hybridized carbons (Fsp3) is 0.130. The Balaban J connectivity index is 1.60. The molecule has 0 aliphatic rings. The summed E-state index contributed by atoms with van der Waals surface area (Å²) in [4.78, 5) is 16.5. The lowest BCUT2D eigenvalue weighted by Gasteiger charge is -2.15. The number of amides is 2. The monoisotopic (exact) mass is 473 g/mol. The second-order valence-corrected chi connectivity index (χ2v) is 7.38. The number of nitrogen functional groups attached to an aromatic ring is 1. The van der Waals surface area contributed by atoms with Gasteiger partial charge in [-0.3, -0.25) is 0 Å².